The summed E-state index contributed by atoms with van der Waals surface area (Å²) in [6.45, 7) is 13.6. The summed E-state index contributed by atoms with van der Waals surface area (Å²) in [5, 5.41) is 0. The molecule has 10 nitrogen and oxygen atoms in total. The minimum absolute atomic E-state index is 0.100. The number of carbonyl (C=O) groups is 3. The maximum absolute atomic E-state index is 14.1. The maximum Gasteiger partial charge on any atom is 0.410 e. The lowest BCUT2D eigenvalue weighted by Gasteiger charge is -2.43. The molecule has 0 radical (unpaired) electrons. The Labute approximate surface area is 273 Å². The van der Waals surface area contributed by atoms with Gasteiger partial charge in [-0.25, -0.2) is 18.0 Å². The largest absolute Gasteiger partial charge is 0.444 e. The van der Waals surface area contributed by atoms with Gasteiger partial charge in [0.25, 0.3) is 5.91 Å². The molecule has 46 heavy (non-hydrogen) atoms. The van der Waals surface area contributed by atoms with Crippen LogP contribution in [-0.4, -0.2) is 103 Å². The minimum Gasteiger partial charge on any atom is -0.444 e. The predicted molar refractivity (Wildman–Crippen MR) is 176 cm³/mol. The number of urea groups is 1. The Morgan fingerprint density at radius 1 is 0.978 bits per heavy atom. The van der Waals surface area contributed by atoms with E-state index in [0.29, 0.717) is 51.1 Å². The highest BCUT2D eigenvalue weighted by atomic mass is 32.2. The van der Waals surface area contributed by atoms with Crippen molar-refractivity contribution < 1.29 is 27.5 Å². The molecule has 3 fully saturated rings. The van der Waals surface area contributed by atoms with Gasteiger partial charge in [0.05, 0.1) is 11.4 Å². The lowest BCUT2D eigenvalue weighted by atomic mass is 9.83. The third kappa shape index (κ3) is 7.25. The molecule has 5 rings (SSSR count). The Morgan fingerprint density at radius 2 is 1.61 bits per heavy atom. The number of rotatable bonds is 8. The van der Waals surface area contributed by atoms with E-state index in [2.05, 4.69) is 17.0 Å². The second-order valence-corrected chi connectivity index (χ2v) is 16.6. The van der Waals surface area contributed by atoms with Gasteiger partial charge in [-0.3, -0.25) is 9.69 Å². The molecule has 250 valence electrons. The molecule has 2 aromatic carbocycles. The molecule has 0 N–H and O–H groups in total. The van der Waals surface area contributed by atoms with Crippen molar-refractivity contribution in [2.45, 2.75) is 76.0 Å². The van der Waals surface area contributed by atoms with Gasteiger partial charge in [0.1, 0.15) is 11.1 Å². The third-order valence-corrected chi connectivity index (χ3v) is 10.5. The standard InChI is InChI=1S/C35H48N4O6S/c1-25(2)20-39-32(41)38(21-26-12-14-29(15-13-26)46(6,43)44)31(40)35(39)16-18-36(19-17-35)22-28-23-37(33(42)45-34(3,4)5)24-30(28)27-10-8-7-9-11-27/h7-15,25,28,30H,16-24H2,1-6H3/t28-,30+/m0/s1. The van der Waals surface area contributed by atoms with Crippen LogP contribution in [0.15, 0.2) is 59.5 Å². The lowest BCUT2D eigenvalue weighted by molar-refractivity contribution is -0.136. The topological polar surface area (TPSA) is 108 Å². The van der Waals surface area contributed by atoms with Gasteiger partial charge in [-0.2, -0.15) is 0 Å². The highest BCUT2D eigenvalue weighted by molar-refractivity contribution is 7.90. The van der Waals surface area contributed by atoms with E-state index in [-0.39, 0.29) is 47.2 Å². The Hall–Kier alpha value is -3.44. The summed E-state index contributed by atoms with van der Waals surface area (Å²) in [6.07, 6.45) is 1.93. The highest BCUT2D eigenvalue weighted by Gasteiger charge is 2.58. The molecular weight excluding hydrogens is 604 g/mol. The van der Waals surface area contributed by atoms with Crippen molar-refractivity contribution in [1.29, 1.82) is 0 Å². The zero-order valence-corrected chi connectivity index (χ0v) is 28.8. The molecule has 2 atom stereocenters. The normalized spacial score (nSPS) is 22.4. The average Bonchev–Trinajstić information content (AvgIpc) is 3.48. The summed E-state index contributed by atoms with van der Waals surface area (Å²) >= 11 is 0. The number of nitrogens with zero attached hydrogens (tertiary/aromatic N) is 4. The van der Waals surface area contributed by atoms with Crippen LogP contribution in [0, 0.1) is 11.8 Å². The summed E-state index contributed by atoms with van der Waals surface area (Å²) in [5.74, 6) is 0.373. The molecule has 1 spiro atoms. The van der Waals surface area contributed by atoms with E-state index in [1.54, 1.807) is 17.0 Å². The van der Waals surface area contributed by atoms with Crippen LogP contribution in [-0.2, 0) is 25.9 Å². The molecule has 3 aliphatic rings. The van der Waals surface area contributed by atoms with Crippen LogP contribution >= 0.6 is 0 Å². The van der Waals surface area contributed by atoms with E-state index in [1.165, 1.54) is 22.6 Å². The van der Waals surface area contributed by atoms with Crippen molar-refractivity contribution in [1.82, 2.24) is 19.6 Å². The van der Waals surface area contributed by atoms with E-state index in [9.17, 15) is 22.8 Å². The fraction of sp³-hybridized carbons (Fsp3) is 0.571. The summed E-state index contributed by atoms with van der Waals surface area (Å²) in [6, 6.07) is 16.4. The molecule has 11 heteroatoms. The molecule has 0 saturated carbocycles. The second kappa shape index (κ2) is 13.0. The fourth-order valence-electron chi connectivity index (χ4n) is 7.10. The van der Waals surface area contributed by atoms with Crippen LogP contribution in [0.25, 0.3) is 0 Å². The maximum atomic E-state index is 14.1. The summed E-state index contributed by atoms with van der Waals surface area (Å²) < 4.78 is 29.5. The van der Waals surface area contributed by atoms with Crippen LogP contribution in [0.2, 0.25) is 0 Å². The number of benzene rings is 2. The first kappa shape index (κ1) is 33.9. The van der Waals surface area contributed by atoms with Crippen LogP contribution in [0.1, 0.15) is 64.5 Å². The van der Waals surface area contributed by atoms with E-state index >= 15 is 0 Å². The first-order chi connectivity index (χ1) is 21.6. The second-order valence-electron chi connectivity index (χ2n) is 14.6. The van der Waals surface area contributed by atoms with E-state index in [1.807, 2.05) is 57.7 Å². The van der Waals surface area contributed by atoms with Crippen molar-refractivity contribution in [3.8, 4) is 0 Å². The molecule has 3 saturated heterocycles. The van der Waals surface area contributed by atoms with Crippen molar-refractivity contribution in [3.05, 3.63) is 65.7 Å². The molecule has 2 aromatic rings. The van der Waals surface area contributed by atoms with Crippen LogP contribution in [0.4, 0.5) is 9.59 Å². The van der Waals surface area contributed by atoms with Gasteiger partial charge in [-0.15, -0.1) is 0 Å². The van der Waals surface area contributed by atoms with E-state index in [4.69, 9.17) is 4.74 Å². The Kier molecular flexibility index (Phi) is 9.57. The monoisotopic (exact) mass is 652 g/mol. The average molecular weight is 653 g/mol. The molecule has 3 heterocycles. The number of hydrogen-bond acceptors (Lipinski definition) is 7. The summed E-state index contributed by atoms with van der Waals surface area (Å²) in [4.78, 5) is 48.5. The summed E-state index contributed by atoms with van der Waals surface area (Å²) in [5.41, 5.74) is 0.434. The van der Waals surface area contributed by atoms with Gasteiger partial charge in [-0.1, -0.05) is 56.3 Å². The SMILES string of the molecule is CC(C)CN1C(=O)N(Cc2ccc(S(C)(=O)=O)cc2)C(=O)C12CCN(C[C@H]1CN(C(=O)OC(C)(C)C)C[C@@H]1c1ccccc1)CC2. The van der Waals surface area contributed by atoms with Gasteiger partial charge in [0.15, 0.2) is 9.84 Å². The molecule has 3 aliphatic heterocycles. The number of imide groups is 1. The number of carbonyl (C=O) groups excluding carboxylic acids is 3. The number of amides is 4. The van der Waals surface area contributed by atoms with Gasteiger partial charge in [0.2, 0.25) is 0 Å². The predicted octanol–water partition coefficient (Wildman–Crippen LogP) is 5.00. The molecule has 0 bridgehead atoms. The zero-order valence-electron chi connectivity index (χ0n) is 27.9. The van der Waals surface area contributed by atoms with E-state index in [0.717, 1.165) is 12.8 Å². The molecule has 0 aromatic heterocycles. The Bertz CT molecular complexity index is 1530. The van der Waals surface area contributed by atoms with Crippen molar-refractivity contribution >= 4 is 27.9 Å². The van der Waals surface area contributed by atoms with Crippen molar-refractivity contribution in [2.24, 2.45) is 11.8 Å². The lowest BCUT2D eigenvalue weighted by Crippen LogP contribution is -2.57. The number of hydrogen-bond donors (Lipinski definition) is 0. The Balaban J connectivity index is 1.30. The first-order valence-corrected chi connectivity index (χ1v) is 18.1. The van der Waals surface area contributed by atoms with E-state index < -0.39 is 21.0 Å². The number of sulfone groups is 1. The van der Waals surface area contributed by atoms with Gasteiger partial charge >= 0.3 is 12.1 Å². The molecule has 0 unspecified atom stereocenters. The summed E-state index contributed by atoms with van der Waals surface area (Å²) in [7, 11) is -3.35. The number of ether oxygens (including phenoxy) is 1. The number of likely N-dealkylation sites (tertiary alicyclic amines) is 2. The highest BCUT2D eigenvalue weighted by Crippen LogP contribution is 2.40. The molecule has 0 aliphatic carbocycles. The zero-order chi connectivity index (χ0) is 33.4. The smallest absolute Gasteiger partial charge is 0.410 e. The van der Waals surface area contributed by atoms with Crippen LogP contribution < -0.4 is 0 Å². The van der Waals surface area contributed by atoms with Crippen LogP contribution in [0.5, 0.6) is 0 Å². The first-order valence-electron chi connectivity index (χ1n) is 16.3. The van der Waals surface area contributed by atoms with Crippen LogP contribution in [0.3, 0.4) is 0 Å². The van der Waals surface area contributed by atoms with Crippen molar-refractivity contribution in [3.63, 3.8) is 0 Å². The third-order valence-electron chi connectivity index (χ3n) is 9.36. The van der Waals surface area contributed by atoms with Gasteiger partial charge in [0, 0.05) is 51.4 Å². The Morgan fingerprint density at radius 3 is 2.17 bits per heavy atom. The van der Waals surface area contributed by atoms with Gasteiger partial charge in [-0.05, 0) is 68.7 Å². The fourth-order valence-corrected chi connectivity index (χ4v) is 7.73. The minimum atomic E-state index is -3.35. The molecular formula is C35H48N4O6S. The van der Waals surface area contributed by atoms with Crippen molar-refractivity contribution in [2.75, 3.05) is 45.5 Å². The molecule has 4 amide bonds. The quantitative estimate of drug-likeness (QED) is 0.370. The van der Waals surface area contributed by atoms with Gasteiger partial charge < -0.3 is 19.4 Å². The number of piperidine rings is 1.